The van der Waals surface area contributed by atoms with Crippen molar-refractivity contribution >= 4 is 17.5 Å². The van der Waals surface area contributed by atoms with Crippen LogP contribution in [0.25, 0.3) is 0 Å². The number of aryl methyl sites for hydroxylation is 1. The molecule has 0 spiro atoms. The predicted octanol–water partition coefficient (Wildman–Crippen LogP) is 4.72. The molecule has 2 aromatic carbocycles. The first-order chi connectivity index (χ1) is 13.4. The smallest absolute Gasteiger partial charge is 0.273 e. The van der Waals surface area contributed by atoms with E-state index in [1.165, 1.54) is 12.1 Å². The average Bonchev–Trinajstić information content (AvgIpc) is 2.67. The van der Waals surface area contributed by atoms with Crippen LogP contribution >= 0.6 is 0 Å². The van der Waals surface area contributed by atoms with Crippen LogP contribution in [0.2, 0.25) is 0 Å². The molecule has 0 saturated carbocycles. The molecule has 1 heterocycles. The lowest BCUT2D eigenvalue weighted by Gasteiger charge is -2.26. The second-order valence-corrected chi connectivity index (χ2v) is 6.86. The van der Waals surface area contributed by atoms with Crippen LogP contribution in [0.5, 0.6) is 0 Å². The van der Waals surface area contributed by atoms with Crippen LogP contribution in [0.3, 0.4) is 0 Å². The number of amides is 1. The zero-order valence-electron chi connectivity index (χ0n) is 16.2. The molecule has 5 nitrogen and oxygen atoms in total. The van der Waals surface area contributed by atoms with Crippen LogP contribution in [0, 0.1) is 12.7 Å². The van der Waals surface area contributed by atoms with E-state index in [-0.39, 0.29) is 17.8 Å². The number of carbonyl (C=O) groups is 1. The zero-order valence-corrected chi connectivity index (χ0v) is 16.2. The highest BCUT2D eigenvalue weighted by Crippen LogP contribution is 2.17. The Labute approximate surface area is 164 Å². The highest BCUT2D eigenvalue weighted by atomic mass is 19.1. The lowest BCUT2D eigenvalue weighted by molar-refractivity contribution is 0.0684. The summed E-state index contributed by atoms with van der Waals surface area (Å²) < 4.78 is 13.1. The van der Waals surface area contributed by atoms with Crippen LogP contribution in [0.4, 0.5) is 16.0 Å². The molecule has 0 bridgehead atoms. The van der Waals surface area contributed by atoms with Crippen molar-refractivity contribution in [2.24, 2.45) is 0 Å². The van der Waals surface area contributed by atoms with Gasteiger partial charge in [-0.3, -0.25) is 4.79 Å². The van der Waals surface area contributed by atoms with E-state index in [0.29, 0.717) is 29.6 Å². The molecule has 0 aliphatic heterocycles. The first-order valence-electron chi connectivity index (χ1n) is 9.15. The third-order valence-electron chi connectivity index (χ3n) is 4.25. The Hall–Kier alpha value is -3.28. The predicted molar refractivity (Wildman–Crippen MR) is 108 cm³/mol. The molecule has 0 unspecified atom stereocenters. The highest BCUT2D eigenvalue weighted by molar-refractivity contribution is 5.93. The van der Waals surface area contributed by atoms with Gasteiger partial charge < -0.3 is 10.2 Å². The molecular formula is C22H23FN4O. The third kappa shape index (κ3) is 4.91. The van der Waals surface area contributed by atoms with Crippen molar-refractivity contribution < 1.29 is 9.18 Å². The number of benzene rings is 2. The number of anilines is 2. The van der Waals surface area contributed by atoms with Gasteiger partial charge in [0.25, 0.3) is 5.91 Å². The minimum Gasteiger partial charge on any atom is -0.331 e. The fraction of sp³-hybridized carbons (Fsp3) is 0.227. The molecule has 0 aliphatic carbocycles. The van der Waals surface area contributed by atoms with Gasteiger partial charge in [0.05, 0.1) is 0 Å². The molecule has 144 valence electrons. The largest absolute Gasteiger partial charge is 0.331 e. The number of carbonyl (C=O) groups excluding carboxylic acids is 1. The Morgan fingerprint density at radius 1 is 1.07 bits per heavy atom. The van der Waals surface area contributed by atoms with Crippen molar-refractivity contribution in [1.82, 2.24) is 14.9 Å². The van der Waals surface area contributed by atoms with Crippen molar-refractivity contribution in [3.8, 4) is 0 Å². The fourth-order valence-corrected chi connectivity index (χ4v) is 2.81. The maximum atomic E-state index is 13.2. The van der Waals surface area contributed by atoms with E-state index in [9.17, 15) is 9.18 Å². The number of nitrogens with zero attached hydrogens (tertiary/aromatic N) is 3. The number of halogens is 1. The van der Waals surface area contributed by atoms with Gasteiger partial charge in [-0.15, -0.1) is 0 Å². The van der Waals surface area contributed by atoms with Gasteiger partial charge in [-0.1, -0.05) is 30.3 Å². The van der Waals surface area contributed by atoms with Gasteiger partial charge in [0.2, 0.25) is 5.95 Å². The molecule has 28 heavy (non-hydrogen) atoms. The molecule has 1 N–H and O–H groups in total. The van der Waals surface area contributed by atoms with E-state index in [2.05, 4.69) is 15.3 Å². The van der Waals surface area contributed by atoms with Crippen LogP contribution in [0.1, 0.15) is 35.6 Å². The monoisotopic (exact) mass is 378 g/mol. The Morgan fingerprint density at radius 3 is 2.39 bits per heavy atom. The summed E-state index contributed by atoms with van der Waals surface area (Å²) in [6.45, 7) is 6.27. The Morgan fingerprint density at radius 2 is 1.75 bits per heavy atom. The normalized spacial score (nSPS) is 10.8. The van der Waals surface area contributed by atoms with Crippen molar-refractivity contribution in [3.05, 3.63) is 83.4 Å². The van der Waals surface area contributed by atoms with Gasteiger partial charge in [0, 0.05) is 24.0 Å². The second kappa shape index (κ2) is 8.61. The summed E-state index contributed by atoms with van der Waals surface area (Å²) in [6.07, 6.45) is 0. The first-order valence-corrected chi connectivity index (χ1v) is 9.15. The van der Waals surface area contributed by atoms with Gasteiger partial charge >= 0.3 is 0 Å². The van der Waals surface area contributed by atoms with Crippen molar-refractivity contribution in [2.45, 2.75) is 33.4 Å². The SMILES string of the molecule is Cc1cc(C(=O)N(Cc2ccccc2)C(C)C)nc(Nc2ccc(F)cc2)n1. The summed E-state index contributed by atoms with van der Waals surface area (Å²) in [5, 5.41) is 3.03. The summed E-state index contributed by atoms with van der Waals surface area (Å²) >= 11 is 0. The molecule has 1 aromatic heterocycles. The van der Waals surface area contributed by atoms with E-state index in [1.54, 1.807) is 23.1 Å². The molecule has 0 radical (unpaired) electrons. The molecule has 0 aliphatic rings. The van der Waals surface area contributed by atoms with E-state index in [4.69, 9.17) is 0 Å². The molecule has 1 amide bonds. The van der Waals surface area contributed by atoms with Gasteiger partial charge in [0.15, 0.2) is 0 Å². The van der Waals surface area contributed by atoms with Crippen LogP contribution in [-0.4, -0.2) is 26.8 Å². The second-order valence-electron chi connectivity index (χ2n) is 6.86. The molecule has 0 atom stereocenters. The molecular weight excluding hydrogens is 355 g/mol. The standard InChI is InChI=1S/C22H23FN4O/c1-15(2)27(14-17-7-5-4-6-8-17)21(28)20-13-16(3)24-22(26-20)25-19-11-9-18(23)10-12-19/h4-13,15H,14H2,1-3H3,(H,24,25,26). The number of rotatable bonds is 6. The molecule has 6 heteroatoms. The summed E-state index contributed by atoms with van der Waals surface area (Å²) in [7, 11) is 0. The summed E-state index contributed by atoms with van der Waals surface area (Å²) in [6, 6.07) is 17.4. The van der Waals surface area contributed by atoms with Gasteiger partial charge in [-0.2, -0.15) is 0 Å². The van der Waals surface area contributed by atoms with Gasteiger partial charge in [-0.05, 0) is 56.7 Å². The molecule has 0 saturated heterocycles. The highest BCUT2D eigenvalue weighted by Gasteiger charge is 2.21. The molecule has 3 rings (SSSR count). The van der Waals surface area contributed by atoms with Gasteiger partial charge in [-0.25, -0.2) is 14.4 Å². The van der Waals surface area contributed by atoms with E-state index in [0.717, 1.165) is 5.56 Å². The first kappa shape index (κ1) is 19.5. The van der Waals surface area contributed by atoms with Crippen molar-refractivity contribution in [3.63, 3.8) is 0 Å². The number of hydrogen-bond acceptors (Lipinski definition) is 4. The lowest BCUT2D eigenvalue weighted by Crippen LogP contribution is -2.37. The number of aromatic nitrogens is 2. The fourth-order valence-electron chi connectivity index (χ4n) is 2.81. The quantitative estimate of drug-likeness (QED) is 0.674. The van der Waals surface area contributed by atoms with Gasteiger partial charge in [0.1, 0.15) is 11.5 Å². The number of nitrogens with one attached hydrogen (secondary N) is 1. The topological polar surface area (TPSA) is 58.1 Å². The lowest BCUT2D eigenvalue weighted by atomic mass is 10.1. The molecule has 0 fully saturated rings. The Balaban J connectivity index is 1.85. The summed E-state index contributed by atoms with van der Waals surface area (Å²) in [5.41, 5.74) is 2.70. The third-order valence-corrected chi connectivity index (χ3v) is 4.25. The summed E-state index contributed by atoms with van der Waals surface area (Å²) in [4.78, 5) is 23.7. The van der Waals surface area contributed by atoms with E-state index >= 15 is 0 Å². The van der Waals surface area contributed by atoms with E-state index < -0.39 is 0 Å². The van der Waals surface area contributed by atoms with Crippen LogP contribution < -0.4 is 5.32 Å². The maximum absolute atomic E-state index is 13.2. The van der Waals surface area contributed by atoms with E-state index in [1.807, 2.05) is 51.1 Å². The maximum Gasteiger partial charge on any atom is 0.273 e. The molecule has 3 aromatic rings. The van der Waals surface area contributed by atoms with Crippen molar-refractivity contribution in [1.29, 1.82) is 0 Å². The zero-order chi connectivity index (χ0) is 20.1. The minimum atomic E-state index is -0.319. The Kier molecular flexibility index (Phi) is 5.99. The van der Waals surface area contributed by atoms with Crippen LogP contribution in [-0.2, 0) is 6.54 Å². The van der Waals surface area contributed by atoms with Crippen molar-refractivity contribution in [2.75, 3.05) is 5.32 Å². The Bertz CT molecular complexity index is 943. The summed E-state index contributed by atoms with van der Waals surface area (Å²) in [5.74, 6) is -0.176. The average molecular weight is 378 g/mol. The van der Waals surface area contributed by atoms with Crippen LogP contribution in [0.15, 0.2) is 60.7 Å². The number of hydrogen-bond donors (Lipinski definition) is 1. The minimum absolute atomic E-state index is 0.0106.